The highest BCUT2D eigenvalue weighted by Crippen LogP contribution is 2.11. The maximum atomic E-state index is 12.4. The van der Waals surface area contributed by atoms with Crippen LogP contribution in [0, 0.1) is 0 Å². The number of hydrogen-bond donors (Lipinski definition) is 1. The van der Waals surface area contributed by atoms with Gasteiger partial charge in [0, 0.05) is 6.42 Å². The first-order valence-corrected chi connectivity index (χ1v) is 6.23. The van der Waals surface area contributed by atoms with Gasteiger partial charge in [0.15, 0.2) is 0 Å². The highest BCUT2D eigenvalue weighted by atomic mass is 19.1. The van der Waals surface area contributed by atoms with Crippen LogP contribution in [-0.2, 0) is 14.3 Å². The Morgan fingerprint density at radius 1 is 1.05 bits per heavy atom. The zero-order valence-corrected chi connectivity index (χ0v) is 12.5. The van der Waals surface area contributed by atoms with E-state index in [1.807, 2.05) is 0 Å². The van der Waals surface area contributed by atoms with Crippen LogP contribution in [0.4, 0.5) is 9.18 Å². The molecule has 0 aromatic heterocycles. The quantitative estimate of drug-likeness (QED) is 0.802. The Balaban J connectivity index is 4.57. The molecular formula is C13H24FNO4. The molecule has 0 aliphatic rings. The first-order chi connectivity index (χ1) is 8.44. The van der Waals surface area contributed by atoms with Gasteiger partial charge in [0.1, 0.15) is 17.2 Å². The third-order valence-corrected chi connectivity index (χ3v) is 1.78. The largest absolute Gasteiger partial charge is 0.458 e. The average molecular weight is 277 g/mol. The first kappa shape index (κ1) is 17.7. The lowest BCUT2D eigenvalue weighted by molar-refractivity contribution is -0.157. The fraction of sp³-hybridized carbons (Fsp3) is 0.846. The molecule has 1 unspecified atom stereocenters. The van der Waals surface area contributed by atoms with Gasteiger partial charge in [-0.25, -0.2) is 9.59 Å². The normalized spacial score (nSPS) is 13.6. The monoisotopic (exact) mass is 277 g/mol. The Hall–Kier alpha value is -1.33. The summed E-state index contributed by atoms with van der Waals surface area (Å²) < 4.78 is 22.5. The molecule has 6 heteroatoms. The van der Waals surface area contributed by atoms with Crippen molar-refractivity contribution in [1.82, 2.24) is 5.32 Å². The molecule has 0 fully saturated rings. The molecule has 112 valence electrons. The predicted octanol–water partition coefficient (Wildman–Crippen LogP) is 2.58. The molecule has 1 N–H and O–H groups in total. The summed E-state index contributed by atoms with van der Waals surface area (Å²) >= 11 is 0. The van der Waals surface area contributed by atoms with Crippen LogP contribution >= 0.6 is 0 Å². The van der Waals surface area contributed by atoms with Crippen LogP contribution in [0.1, 0.15) is 48.0 Å². The summed E-state index contributed by atoms with van der Waals surface area (Å²) in [6.07, 6.45) is -0.912. The second-order valence-electron chi connectivity index (χ2n) is 6.21. The molecular weight excluding hydrogens is 253 g/mol. The number of hydrogen-bond acceptors (Lipinski definition) is 4. The van der Waals surface area contributed by atoms with Crippen LogP contribution in [0.3, 0.4) is 0 Å². The number of carbonyl (C=O) groups is 2. The highest BCUT2D eigenvalue weighted by molar-refractivity contribution is 5.81. The first-order valence-electron chi connectivity index (χ1n) is 6.23. The Morgan fingerprint density at radius 2 is 1.53 bits per heavy atom. The summed E-state index contributed by atoms with van der Waals surface area (Å²) in [4.78, 5) is 23.3. The molecule has 0 rings (SSSR count). The molecule has 0 radical (unpaired) electrons. The molecule has 0 aromatic rings. The smallest absolute Gasteiger partial charge is 0.408 e. The lowest BCUT2D eigenvalue weighted by Crippen LogP contribution is -2.46. The van der Waals surface area contributed by atoms with E-state index in [-0.39, 0.29) is 6.42 Å². The standard InChI is InChI=1S/C13H24FNO4/c1-12(2,3)18-10(16)9(7-8-14)15-11(17)19-13(4,5)6/h9H,7-8H2,1-6H3,(H,15,17). The van der Waals surface area contributed by atoms with Crippen molar-refractivity contribution >= 4 is 12.1 Å². The van der Waals surface area contributed by atoms with Gasteiger partial charge in [0.05, 0.1) is 6.67 Å². The second kappa shape index (κ2) is 6.73. The predicted molar refractivity (Wildman–Crippen MR) is 69.6 cm³/mol. The second-order valence-corrected chi connectivity index (χ2v) is 6.21. The lowest BCUT2D eigenvalue weighted by atomic mass is 10.1. The Labute approximate surface area is 113 Å². The van der Waals surface area contributed by atoms with Crippen molar-refractivity contribution in [2.24, 2.45) is 0 Å². The van der Waals surface area contributed by atoms with E-state index < -0.39 is 36.0 Å². The fourth-order valence-corrected chi connectivity index (χ4v) is 1.18. The fourth-order valence-electron chi connectivity index (χ4n) is 1.18. The maximum absolute atomic E-state index is 12.4. The van der Waals surface area contributed by atoms with E-state index >= 15 is 0 Å². The molecule has 19 heavy (non-hydrogen) atoms. The molecule has 0 aliphatic carbocycles. The van der Waals surface area contributed by atoms with E-state index in [0.29, 0.717) is 0 Å². The van der Waals surface area contributed by atoms with Gasteiger partial charge in [-0.15, -0.1) is 0 Å². The van der Waals surface area contributed by atoms with Gasteiger partial charge in [-0.1, -0.05) is 0 Å². The summed E-state index contributed by atoms with van der Waals surface area (Å²) in [5, 5.41) is 2.32. The van der Waals surface area contributed by atoms with Gasteiger partial charge in [0.2, 0.25) is 0 Å². The van der Waals surface area contributed by atoms with Crippen LogP contribution < -0.4 is 5.32 Å². The minimum atomic E-state index is -1.04. The molecule has 0 saturated carbocycles. The number of amides is 1. The number of alkyl carbamates (subject to hydrolysis) is 1. The number of rotatable bonds is 4. The summed E-state index contributed by atoms with van der Waals surface area (Å²) in [5.74, 6) is -0.670. The Bertz CT molecular complexity index is 318. The van der Waals surface area contributed by atoms with E-state index in [1.165, 1.54) is 0 Å². The zero-order valence-electron chi connectivity index (χ0n) is 12.5. The third kappa shape index (κ3) is 9.27. The molecule has 0 bridgehead atoms. The van der Waals surface area contributed by atoms with Crippen molar-refractivity contribution in [3.8, 4) is 0 Å². The molecule has 0 aromatic carbocycles. The minimum absolute atomic E-state index is 0.145. The summed E-state index contributed by atoms with van der Waals surface area (Å²) in [5.41, 5.74) is -1.38. The number of carbonyl (C=O) groups excluding carboxylic acids is 2. The maximum Gasteiger partial charge on any atom is 0.408 e. The van der Waals surface area contributed by atoms with Crippen LogP contribution in [0.5, 0.6) is 0 Å². The van der Waals surface area contributed by atoms with Crippen LogP contribution in [-0.4, -0.2) is 36.0 Å². The van der Waals surface area contributed by atoms with Gasteiger partial charge in [-0.05, 0) is 41.5 Å². The topological polar surface area (TPSA) is 64.6 Å². The van der Waals surface area contributed by atoms with E-state index in [0.717, 1.165) is 0 Å². The van der Waals surface area contributed by atoms with Crippen LogP contribution in [0.15, 0.2) is 0 Å². The lowest BCUT2D eigenvalue weighted by Gasteiger charge is -2.25. The van der Waals surface area contributed by atoms with Crippen molar-refractivity contribution in [1.29, 1.82) is 0 Å². The van der Waals surface area contributed by atoms with E-state index in [2.05, 4.69) is 5.32 Å². The molecule has 0 spiro atoms. The number of ether oxygens (including phenoxy) is 2. The van der Waals surface area contributed by atoms with Gasteiger partial charge in [0.25, 0.3) is 0 Å². The summed E-state index contributed by atoms with van der Waals surface area (Å²) in [7, 11) is 0. The third-order valence-electron chi connectivity index (χ3n) is 1.78. The van der Waals surface area contributed by atoms with Crippen LogP contribution in [0.25, 0.3) is 0 Å². The van der Waals surface area contributed by atoms with Crippen molar-refractivity contribution in [2.45, 2.75) is 65.2 Å². The van der Waals surface area contributed by atoms with E-state index in [9.17, 15) is 14.0 Å². The van der Waals surface area contributed by atoms with E-state index in [1.54, 1.807) is 41.5 Å². The molecule has 1 amide bonds. The average Bonchev–Trinajstić information content (AvgIpc) is 2.10. The van der Waals surface area contributed by atoms with Gasteiger partial charge < -0.3 is 14.8 Å². The summed E-state index contributed by atoms with van der Waals surface area (Å²) in [6, 6.07) is -1.04. The van der Waals surface area contributed by atoms with E-state index in [4.69, 9.17) is 9.47 Å². The number of esters is 1. The zero-order chi connectivity index (χ0) is 15.3. The molecule has 0 heterocycles. The van der Waals surface area contributed by atoms with Gasteiger partial charge in [-0.2, -0.15) is 0 Å². The minimum Gasteiger partial charge on any atom is -0.458 e. The number of halogens is 1. The molecule has 1 atom stereocenters. The van der Waals surface area contributed by atoms with Gasteiger partial charge in [-0.3, -0.25) is 4.39 Å². The highest BCUT2D eigenvalue weighted by Gasteiger charge is 2.28. The summed E-state index contributed by atoms with van der Waals surface area (Å²) in [6.45, 7) is 9.46. The van der Waals surface area contributed by atoms with Crippen LogP contribution in [0.2, 0.25) is 0 Å². The van der Waals surface area contributed by atoms with Crippen molar-refractivity contribution in [3.05, 3.63) is 0 Å². The van der Waals surface area contributed by atoms with Crippen molar-refractivity contribution in [3.63, 3.8) is 0 Å². The Morgan fingerprint density at radius 3 is 1.89 bits per heavy atom. The SMILES string of the molecule is CC(C)(C)OC(=O)NC(CCF)C(=O)OC(C)(C)C. The Kier molecular flexibility index (Phi) is 6.25. The van der Waals surface area contributed by atoms with Crippen molar-refractivity contribution < 1.29 is 23.5 Å². The van der Waals surface area contributed by atoms with Crippen molar-refractivity contribution in [2.75, 3.05) is 6.67 Å². The molecule has 5 nitrogen and oxygen atoms in total. The van der Waals surface area contributed by atoms with Gasteiger partial charge >= 0.3 is 12.1 Å². The number of nitrogens with one attached hydrogen (secondary N) is 1. The molecule has 0 saturated heterocycles. The number of alkyl halides is 1. The molecule has 0 aliphatic heterocycles.